The van der Waals surface area contributed by atoms with Gasteiger partial charge in [-0.1, -0.05) is 13.3 Å². The first-order chi connectivity index (χ1) is 3.77. The lowest BCUT2D eigenvalue weighted by Gasteiger charge is -1.89. The van der Waals surface area contributed by atoms with Gasteiger partial charge in [0.15, 0.2) is 0 Å². The average molecular weight is 129 g/mol. The van der Waals surface area contributed by atoms with Gasteiger partial charge in [0.05, 0.1) is 0 Å². The van der Waals surface area contributed by atoms with Gasteiger partial charge in [0.2, 0.25) is 0 Å². The van der Waals surface area contributed by atoms with E-state index in [2.05, 4.69) is 24.7 Å². The van der Waals surface area contributed by atoms with E-state index in [0.29, 0.717) is 0 Å². The first kappa shape index (κ1) is 8.02. The van der Waals surface area contributed by atoms with E-state index in [1.165, 1.54) is 12.8 Å². The van der Waals surface area contributed by atoms with Crippen molar-refractivity contribution in [2.45, 2.75) is 32.9 Å². The topological polar surface area (TPSA) is 12.4 Å². The van der Waals surface area contributed by atoms with E-state index in [1.807, 2.05) is 0 Å². The summed E-state index contributed by atoms with van der Waals surface area (Å²) in [5, 5.41) is 0. The van der Waals surface area contributed by atoms with Gasteiger partial charge in [-0.25, -0.2) is 0 Å². The molecular formula is C6H15NSi. The minimum atomic E-state index is -0.282. The van der Waals surface area contributed by atoms with Crippen LogP contribution in [0.2, 0.25) is 13.1 Å². The SMILES string of the molecule is CCCCN=[Si](C)C. The van der Waals surface area contributed by atoms with Crippen molar-refractivity contribution < 1.29 is 0 Å². The summed E-state index contributed by atoms with van der Waals surface area (Å²) in [5.74, 6) is 0. The summed E-state index contributed by atoms with van der Waals surface area (Å²) in [4.78, 5) is 0. The number of unbranched alkanes of at least 4 members (excludes halogenated alkanes) is 1. The molecule has 0 radical (unpaired) electrons. The molecule has 0 fully saturated rings. The number of rotatable bonds is 3. The van der Waals surface area contributed by atoms with Crippen LogP contribution in [0.1, 0.15) is 19.8 Å². The molecule has 0 saturated carbocycles. The van der Waals surface area contributed by atoms with Crippen molar-refractivity contribution in [3.63, 3.8) is 0 Å². The largest absolute Gasteiger partial charge is 0.338 e. The lowest BCUT2D eigenvalue weighted by Crippen LogP contribution is -1.86. The molecule has 0 heterocycles. The maximum absolute atomic E-state index is 4.42. The van der Waals surface area contributed by atoms with Crippen LogP contribution in [-0.4, -0.2) is 15.1 Å². The van der Waals surface area contributed by atoms with Crippen LogP contribution in [0.5, 0.6) is 0 Å². The molecule has 0 spiro atoms. The van der Waals surface area contributed by atoms with Gasteiger partial charge in [-0.3, -0.25) is 0 Å². The van der Waals surface area contributed by atoms with Gasteiger partial charge >= 0.3 is 0 Å². The summed E-state index contributed by atoms with van der Waals surface area (Å²) in [6.07, 6.45) is 2.55. The van der Waals surface area contributed by atoms with E-state index in [-0.39, 0.29) is 8.59 Å². The van der Waals surface area contributed by atoms with Crippen molar-refractivity contribution in [2.24, 2.45) is 4.63 Å². The van der Waals surface area contributed by atoms with Gasteiger partial charge in [0, 0.05) is 6.54 Å². The molecule has 0 amide bonds. The number of hydrogen-bond acceptors (Lipinski definition) is 1. The first-order valence-corrected chi connectivity index (χ1v) is 5.69. The Kier molecular flexibility index (Phi) is 5.17. The molecule has 0 aromatic carbocycles. The second-order valence-electron chi connectivity index (χ2n) is 2.18. The third-order valence-electron chi connectivity index (χ3n) is 0.940. The molecule has 0 aliphatic rings. The average Bonchev–Trinajstić information content (AvgIpc) is 1.66. The van der Waals surface area contributed by atoms with Gasteiger partial charge in [-0.2, -0.15) is 0 Å². The minimum absolute atomic E-state index is 0.282. The van der Waals surface area contributed by atoms with Crippen LogP contribution in [-0.2, 0) is 0 Å². The Morgan fingerprint density at radius 3 is 2.38 bits per heavy atom. The molecule has 2 heteroatoms. The van der Waals surface area contributed by atoms with E-state index >= 15 is 0 Å². The Hall–Kier alpha value is 0.0169. The van der Waals surface area contributed by atoms with Crippen LogP contribution in [0.25, 0.3) is 0 Å². The van der Waals surface area contributed by atoms with Crippen molar-refractivity contribution >= 4 is 8.59 Å². The number of nitrogens with zero attached hydrogens (tertiary/aromatic N) is 1. The molecule has 0 saturated heterocycles. The van der Waals surface area contributed by atoms with Crippen molar-refractivity contribution in [1.29, 1.82) is 0 Å². The summed E-state index contributed by atoms with van der Waals surface area (Å²) in [6.45, 7) is 7.74. The standard InChI is InChI=1S/C6H15NSi/c1-4-5-6-7-8(2)3/h4-6H2,1-3H3. The van der Waals surface area contributed by atoms with Gasteiger partial charge < -0.3 is 4.63 Å². The molecule has 8 heavy (non-hydrogen) atoms. The molecule has 0 bridgehead atoms. The molecule has 0 N–H and O–H groups in total. The molecule has 0 aliphatic heterocycles. The Morgan fingerprint density at radius 2 is 2.00 bits per heavy atom. The third-order valence-corrected chi connectivity index (χ3v) is 1.80. The van der Waals surface area contributed by atoms with E-state index < -0.39 is 0 Å². The molecule has 0 aromatic heterocycles. The number of hydrogen-bond donors (Lipinski definition) is 0. The summed E-state index contributed by atoms with van der Waals surface area (Å²) in [5.41, 5.74) is 0. The molecule has 0 aliphatic carbocycles. The highest BCUT2D eigenvalue weighted by atomic mass is 28.2. The van der Waals surface area contributed by atoms with Crippen LogP contribution < -0.4 is 0 Å². The molecule has 1 nitrogen and oxygen atoms in total. The maximum Gasteiger partial charge on any atom is 0.114 e. The highest BCUT2D eigenvalue weighted by Crippen LogP contribution is 1.86. The molecule has 0 unspecified atom stereocenters. The van der Waals surface area contributed by atoms with Gasteiger partial charge in [0.25, 0.3) is 0 Å². The van der Waals surface area contributed by atoms with E-state index in [1.54, 1.807) is 0 Å². The Morgan fingerprint density at radius 1 is 1.38 bits per heavy atom. The Labute approximate surface area is 53.5 Å². The van der Waals surface area contributed by atoms with Gasteiger partial charge in [0.1, 0.15) is 8.59 Å². The second kappa shape index (κ2) is 5.16. The zero-order chi connectivity index (χ0) is 6.41. The van der Waals surface area contributed by atoms with Crippen molar-refractivity contribution in [2.75, 3.05) is 6.54 Å². The van der Waals surface area contributed by atoms with Crippen LogP contribution in [0, 0.1) is 0 Å². The monoisotopic (exact) mass is 129 g/mol. The van der Waals surface area contributed by atoms with Crippen molar-refractivity contribution in [3.05, 3.63) is 0 Å². The normalized spacial score (nSPS) is 8.88. The summed E-state index contributed by atoms with van der Waals surface area (Å²) < 4.78 is 4.42. The fourth-order valence-corrected chi connectivity index (χ4v) is 1.07. The Bertz CT molecular complexity index is 74.6. The quantitative estimate of drug-likeness (QED) is 0.409. The molecule has 0 rings (SSSR count). The zero-order valence-electron chi connectivity index (χ0n) is 6.07. The molecule has 48 valence electrons. The van der Waals surface area contributed by atoms with Crippen molar-refractivity contribution in [3.8, 4) is 0 Å². The Balaban J connectivity index is 3.03. The van der Waals surface area contributed by atoms with Crippen LogP contribution >= 0.6 is 0 Å². The summed E-state index contributed by atoms with van der Waals surface area (Å²) in [7, 11) is -0.282. The van der Waals surface area contributed by atoms with Gasteiger partial charge in [-0.05, 0) is 19.5 Å². The van der Waals surface area contributed by atoms with E-state index in [4.69, 9.17) is 0 Å². The predicted molar refractivity (Wildman–Crippen MR) is 39.7 cm³/mol. The van der Waals surface area contributed by atoms with E-state index in [0.717, 1.165) is 6.54 Å². The van der Waals surface area contributed by atoms with Crippen LogP contribution in [0.4, 0.5) is 0 Å². The summed E-state index contributed by atoms with van der Waals surface area (Å²) >= 11 is 0. The smallest absolute Gasteiger partial charge is 0.114 e. The minimum Gasteiger partial charge on any atom is -0.338 e. The molecule has 0 aromatic rings. The zero-order valence-corrected chi connectivity index (χ0v) is 7.07. The summed E-state index contributed by atoms with van der Waals surface area (Å²) in [6, 6.07) is 0. The molecular weight excluding hydrogens is 114 g/mol. The lowest BCUT2D eigenvalue weighted by molar-refractivity contribution is 0.811. The fourth-order valence-electron chi connectivity index (χ4n) is 0.461. The third kappa shape index (κ3) is 6.02. The fraction of sp³-hybridized carbons (Fsp3) is 1.00. The highest BCUT2D eigenvalue weighted by molar-refractivity contribution is 6.43. The molecule has 0 atom stereocenters. The van der Waals surface area contributed by atoms with Crippen LogP contribution in [0.15, 0.2) is 4.63 Å². The van der Waals surface area contributed by atoms with E-state index in [9.17, 15) is 0 Å². The first-order valence-electron chi connectivity index (χ1n) is 3.25. The second-order valence-corrected chi connectivity index (χ2v) is 4.39. The lowest BCUT2D eigenvalue weighted by atomic mass is 10.3. The van der Waals surface area contributed by atoms with Crippen molar-refractivity contribution in [1.82, 2.24) is 0 Å². The maximum atomic E-state index is 4.42. The predicted octanol–water partition coefficient (Wildman–Crippen LogP) is 2.31. The van der Waals surface area contributed by atoms with Crippen LogP contribution in [0.3, 0.4) is 0 Å². The highest BCUT2D eigenvalue weighted by Gasteiger charge is 1.79. The van der Waals surface area contributed by atoms with Gasteiger partial charge in [-0.15, -0.1) is 0 Å².